The molecule has 1 unspecified atom stereocenters. The fraction of sp³-hybridized carbons (Fsp3) is 0.407. The summed E-state index contributed by atoms with van der Waals surface area (Å²) in [5, 5.41) is 3.17. The van der Waals surface area contributed by atoms with Crippen molar-refractivity contribution in [1.82, 2.24) is 29.5 Å². The van der Waals surface area contributed by atoms with Crippen LogP contribution in [0.15, 0.2) is 40.2 Å². The zero-order valence-corrected chi connectivity index (χ0v) is 22.2. The third-order valence-corrected chi connectivity index (χ3v) is 7.64. The van der Waals surface area contributed by atoms with E-state index in [-0.39, 0.29) is 30.8 Å². The van der Waals surface area contributed by atoms with Gasteiger partial charge < -0.3 is 11.1 Å². The minimum absolute atomic E-state index is 0. The Kier molecular flexibility index (Phi) is 7.86. The molecule has 1 saturated carbocycles. The SMILES string of the molecule is C.CC[C@@H](C)n1c(=O)c(NCc2ccc(S(C)=O)cc2)nc2cnc(-c3c(C)nc(N)nc3C3CC3)nc21. The summed E-state index contributed by atoms with van der Waals surface area (Å²) in [6.45, 7) is 6.30. The van der Waals surface area contributed by atoms with E-state index in [1.165, 1.54) is 0 Å². The van der Waals surface area contributed by atoms with E-state index >= 15 is 0 Å². The second kappa shape index (κ2) is 10.9. The molecule has 3 aromatic heterocycles. The van der Waals surface area contributed by atoms with Crippen molar-refractivity contribution < 1.29 is 4.21 Å². The molecule has 10 nitrogen and oxygen atoms in total. The highest BCUT2D eigenvalue weighted by atomic mass is 32.2. The maximum atomic E-state index is 13.6. The number of benzene rings is 1. The van der Waals surface area contributed by atoms with Gasteiger partial charge in [-0.1, -0.05) is 26.5 Å². The van der Waals surface area contributed by atoms with E-state index in [4.69, 9.17) is 10.7 Å². The van der Waals surface area contributed by atoms with Crippen molar-refractivity contribution in [2.75, 3.05) is 17.3 Å². The summed E-state index contributed by atoms with van der Waals surface area (Å²) < 4.78 is 13.3. The predicted octanol–water partition coefficient (Wildman–Crippen LogP) is 4.37. The Morgan fingerprint density at radius 1 is 1.16 bits per heavy atom. The molecule has 5 rings (SSSR count). The fourth-order valence-electron chi connectivity index (χ4n) is 4.36. The van der Waals surface area contributed by atoms with Crippen LogP contribution in [0.1, 0.15) is 69.4 Å². The molecular formula is C27H34N8O2S. The van der Waals surface area contributed by atoms with Crippen LogP contribution < -0.4 is 16.6 Å². The van der Waals surface area contributed by atoms with Gasteiger partial charge in [0.1, 0.15) is 5.52 Å². The average molecular weight is 535 g/mol. The maximum Gasteiger partial charge on any atom is 0.295 e. The van der Waals surface area contributed by atoms with Crippen LogP contribution in [0.5, 0.6) is 0 Å². The normalized spacial score (nSPS) is 14.6. The second-order valence-corrected chi connectivity index (χ2v) is 10.8. The number of nitrogen functional groups attached to an aromatic ring is 1. The van der Waals surface area contributed by atoms with Gasteiger partial charge in [0.15, 0.2) is 17.3 Å². The summed E-state index contributed by atoms with van der Waals surface area (Å²) in [7, 11) is -1.04. The first-order chi connectivity index (χ1) is 17.8. The van der Waals surface area contributed by atoms with Crippen LogP contribution >= 0.6 is 0 Å². The van der Waals surface area contributed by atoms with Gasteiger partial charge in [-0.25, -0.2) is 24.9 Å². The van der Waals surface area contributed by atoms with Crippen LogP contribution in [0.3, 0.4) is 0 Å². The first-order valence-electron chi connectivity index (χ1n) is 12.4. The lowest BCUT2D eigenvalue weighted by atomic mass is 10.1. The third-order valence-electron chi connectivity index (χ3n) is 6.70. The topological polar surface area (TPSA) is 142 Å². The molecule has 3 heterocycles. The number of aryl methyl sites for hydroxylation is 1. The Bertz CT molecular complexity index is 1560. The smallest absolute Gasteiger partial charge is 0.295 e. The van der Waals surface area contributed by atoms with Crippen LogP contribution in [0, 0.1) is 6.92 Å². The van der Waals surface area contributed by atoms with Gasteiger partial charge >= 0.3 is 0 Å². The number of nitrogens with one attached hydrogen (secondary N) is 1. The molecule has 0 bridgehead atoms. The minimum Gasteiger partial charge on any atom is -0.368 e. The molecular weight excluding hydrogens is 500 g/mol. The van der Waals surface area contributed by atoms with Gasteiger partial charge in [0.05, 0.1) is 23.1 Å². The molecule has 11 heteroatoms. The summed E-state index contributed by atoms with van der Waals surface area (Å²) in [4.78, 5) is 37.2. The summed E-state index contributed by atoms with van der Waals surface area (Å²) >= 11 is 0. The lowest BCUT2D eigenvalue weighted by Crippen LogP contribution is -2.28. The zero-order valence-electron chi connectivity index (χ0n) is 21.4. The highest BCUT2D eigenvalue weighted by Gasteiger charge is 2.31. The molecule has 0 aliphatic heterocycles. The van der Waals surface area contributed by atoms with Crippen molar-refractivity contribution >= 4 is 33.7 Å². The molecule has 200 valence electrons. The van der Waals surface area contributed by atoms with E-state index in [0.717, 1.165) is 46.7 Å². The summed E-state index contributed by atoms with van der Waals surface area (Å²) in [6.07, 6.45) is 6.13. The molecule has 0 saturated heterocycles. The van der Waals surface area contributed by atoms with Gasteiger partial charge in [0.2, 0.25) is 5.95 Å². The van der Waals surface area contributed by atoms with E-state index in [0.29, 0.717) is 29.5 Å². The van der Waals surface area contributed by atoms with Crippen molar-refractivity contribution in [2.24, 2.45) is 0 Å². The van der Waals surface area contributed by atoms with Crippen molar-refractivity contribution in [3.05, 3.63) is 57.8 Å². The molecule has 2 atom stereocenters. The average Bonchev–Trinajstić information content (AvgIpc) is 3.72. The van der Waals surface area contributed by atoms with Gasteiger partial charge in [0, 0.05) is 40.5 Å². The van der Waals surface area contributed by atoms with Gasteiger partial charge in [-0.3, -0.25) is 13.6 Å². The van der Waals surface area contributed by atoms with Crippen molar-refractivity contribution in [1.29, 1.82) is 0 Å². The molecule has 1 aromatic carbocycles. The van der Waals surface area contributed by atoms with Crippen LogP contribution in [-0.4, -0.2) is 40.0 Å². The third kappa shape index (κ3) is 5.28. The Morgan fingerprint density at radius 3 is 2.50 bits per heavy atom. The molecule has 1 aliphatic rings. The Morgan fingerprint density at radius 2 is 1.87 bits per heavy atom. The van der Waals surface area contributed by atoms with E-state index in [1.54, 1.807) is 17.0 Å². The molecule has 1 fully saturated rings. The minimum atomic E-state index is -1.04. The lowest BCUT2D eigenvalue weighted by molar-refractivity contribution is 0.526. The summed E-state index contributed by atoms with van der Waals surface area (Å²) in [6, 6.07) is 7.33. The highest BCUT2D eigenvalue weighted by Crippen LogP contribution is 2.43. The number of rotatable bonds is 8. The molecule has 3 N–H and O–H groups in total. The number of nitrogens with two attached hydrogens (primary N) is 1. The van der Waals surface area contributed by atoms with Crippen LogP contribution in [0.2, 0.25) is 0 Å². The van der Waals surface area contributed by atoms with E-state index < -0.39 is 10.8 Å². The molecule has 4 aromatic rings. The quantitative estimate of drug-likeness (QED) is 0.337. The molecule has 0 spiro atoms. The first kappa shape index (κ1) is 27.3. The van der Waals surface area contributed by atoms with Crippen molar-refractivity contribution in [3.8, 4) is 11.4 Å². The number of nitrogens with zero attached hydrogens (tertiary/aromatic N) is 6. The maximum absolute atomic E-state index is 13.6. The number of anilines is 2. The highest BCUT2D eigenvalue weighted by molar-refractivity contribution is 7.84. The van der Waals surface area contributed by atoms with E-state index in [2.05, 4.69) is 25.3 Å². The van der Waals surface area contributed by atoms with Gasteiger partial charge in [-0.05, 0) is 50.8 Å². The van der Waals surface area contributed by atoms with Gasteiger partial charge in [0.25, 0.3) is 5.56 Å². The number of fused-ring (bicyclic) bond motifs is 1. The Labute approximate surface area is 224 Å². The first-order valence-corrected chi connectivity index (χ1v) is 13.9. The molecule has 38 heavy (non-hydrogen) atoms. The molecule has 0 radical (unpaired) electrons. The largest absolute Gasteiger partial charge is 0.368 e. The number of aromatic nitrogens is 6. The number of hydrogen-bond donors (Lipinski definition) is 2. The monoisotopic (exact) mass is 534 g/mol. The second-order valence-electron chi connectivity index (χ2n) is 9.45. The predicted molar refractivity (Wildman–Crippen MR) is 152 cm³/mol. The van der Waals surface area contributed by atoms with Crippen LogP contribution in [-0.2, 0) is 17.3 Å². The number of hydrogen-bond acceptors (Lipinski definition) is 9. The van der Waals surface area contributed by atoms with Crippen molar-refractivity contribution in [3.63, 3.8) is 0 Å². The van der Waals surface area contributed by atoms with Gasteiger partial charge in [-0.15, -0.1) is 0 Å². The lowest BCUT2D eigenvalue weighted by Gasteiger charge is -2.18. The summed E-state index contributed by atoms with van der Waals surface area (Å²) in [5.74, 6) is 1.28. The zero-order chi connectivity index (χ0) is 26.3. The van der Waals surface area contributed by atoms with Crippen LogP contribution in [0.4, 0.5) is 11.8 Å². The standard InChI is InChI=1S/C26H30N8O2S.CH4/c1-5-14(2)34-24-19(31-23(25(34)35)28-12-16-6-10-18(11-7-16)37(4)36)13-29-22(33-24)20-15(3)30-26(27)32-21(20)17-8-9-17;/h6-7,10-11,13-14,17H,5,8-9,12H2,1-4H3,(H,28,31)(H2,27,30,32);1H4/t14-,37?;/m1./s1. The van der Waals surface area contributed by atoms with E-state index in [1.807, 2.05) is 45.0 Å². The van der Waals surface area contributed by atoms with Gasteiger partial charge in [-0.2, -0.15) is 0 Å². The van der Waals surface area contributed by atoms with Crippen molar-refractivity contribution in [2.45, 2.75) is 70.9 Å². The molecule has 1 aliphatic carbocycles. The van der Waals surface area contributed by atoms with E-state index in [9.17, 15) is 9.00 Å². The summed E-state index contributed by atoms with van der Waals surface area (Å²) in [5.41, 5.74) is 9.99. The van der Waals surface area contributed by atoms with Crippen LogP contribution in [0.25, 0.3) is 22.6 Å². The Balaban J connectivity index is 0.00000336. The Hall–Kier alpha value is -3.73. The molecule has 0 amide bonds. The fourth-order valence-corrected chi connectivity index (χ4v) is 4.88.